The summed E-state index contributed by atoms with van der Waals surface area (Å²) in [6.45, 7) is 6.81. The molecule has 0 aromatic rings. The van der Waals surface area contributed by atoms with Crippen LogP contribution in [0.5, 0.6) is 0 Å². The Labute approximate surface area is 158 Å². The fourth-order valence-corrected chi connectivity index (χ4v) is 4.26. The number of morpholine rings is 1. The number of hydrogen-bond donors (Lipinski definition) is 1. The van der Waals surface area contributed by atoms with E-state index in [9.17, 15) is 4.79 Å². The highest BCUT2D eigenvalue weighted by Gasteiger charge is 2.30. The third kappa shape index (κ3) is 6.03. The maximum Gasteiger partial charge on any atom is 0.222 e. The summed E-state index contributed by atoms with van der Waals surface area (Å²) >= 11 is 0. The second-order valence-corrected chi connectivity index (χ2v) is 7.32. The third-order valence-electron chi connectivity index (χ3n) is 5.65. The number of likely N-dealkylation sites (tertiary alicyclic amines) is 1. The Morgan fingerprint density at radius 2 is 1.79 bits per heavy atom. The van der Waals surface area contributed by atoms with Gasteiger partial charge < -0.3 is 15.4 Å². The third-order valence-corrected chi connectivity index (χ3v) is 5.65. The molecule has 0 aromatic heterocycles. The molecule has 7 heteroatoms. The largest absolute Gasteiger partial charge is 0.379 e. The Morgan fingerprint density at radius 1 is 1.04 bits per heavy atom. The Hall–Kier alpha value is -0.0700. The summed E-state index contributed by atoms with van der Waals surface area (Å²) in [5.41, 5.74) is 6.12. The van der Waals surface area contributed by atoms with Gasteiger partial charge in [-0.2, -0.15) is 0 Å². The molecule has 0 aromatic carbocycles. The summed E-state index contributed by atoms with van der Waals surface area (Å²) in [6.07, 6.45) is 6.50. The molecule has 3 rings (SSSR count). The number of ether oxygens (including phenoxy) is 1. The predicted molar refractivity (Wildman–Crippen MR) is 101 cm³/mol. The molecule has 0 bridgehead atoms. The first-order valence-corrected chi connectivity index (χ1v) is 9.06. The molecule has 2 N–H and O–H groups in total. The van der Waals surface area contributed by atoms with E-state index in [0.717, 1.165) is 65.2 Å². The van der Waals surface area contributed by atoms with Gasteiger partial charge in [0.15, 0.2) is 0 Å². The Kier molecular flexibility index (Phi) is 9.90. The molecule has 0 radical (unpaired) electrons. The molecule has 2 aliphatic heterocycles. The van der Waals surface area contributed by atoms with Gasteiger partial charge in [-0.05, 0) is 37.5 Å². The predicted octanol–water partition coefficient (Wildman–Crippen LogP) is 1.92. The number of carbonyl (C=O) groups excluding carboxylic acids is 1. The van der Waals surface area contributed by atoms with Gasteiger partial charge in [-0.15, -0.1) is 24.8 Å². The Morgan fingerprint density at radius 3 is 2.46 bits per heavy atom. The van der Waals surface area contributed by atoms with Crippen molar-refractivity contribution in [3.63, 3.8) is 0 Å². The van der Waals surface area contributed by atoms with Crippen LogP contribution in [-0.4, -0.2) is 67.7 Å². The van der Waals surface area contributed by atoms with Crippen LogP contribution in [0.3, 0.4) is 0 Å². The SMILES string of the molecule is Cl.Cl.N[C@@H]1CCC[C@H]1CC(=O)N1CCCC(CN2CCOCC2)C1. The number of nitrogens with zero attached hydrogens (tertiary/aromatic N) is 2. The molecule has 5 nitrogen and oxygen atoms in total. The molecule has 1 aliphatic carbocycles. The van der Waals surface area contributed by atoms with Crippen molar-refractivity contribution >= 4 is 30.7 Å². The average molecular weight is 382 g/mol. The van der Waals surface area contributed by atoms with Gasteiger partial charge in [0.25, 0.3) is 0 Å². The highest BCUT2D eigenvalue weighted by atomic mass is 35.5. The minimum Gasteiger partial charge on any atom is -0.379 e. The van der Waals surface area contributed by atoms with Crippen LogP contribution in [0.15, 0.2) is 0 Å². The van der Waals surface area contributed by atoms with Crippen molar-refractivity contribution in [2.75, 3.05) is 45.9 Å². The standard InChI is InChI=1S/C17H31N3O2.2ClH/c18-16-5-1-4-15(16)11-17(21)20-6-2-3-14(13-20)12-19-7-9-22-10-8-19;;/h14-16H,1-13,18H2;2*1H/t14?,15-,16+;;/m0../s1. The van der Waals surface area contributed by atoms with Crippen molar-refractivity contribution in [1.82, 2.24) is 9.80 Å². The summed E-state index contributed by atoms with van der Waals surface area (Å²) in [5.74, 6) is 1.40. The Bertz CT molecular complexity index is 381. The molecule has 1 amide bonds. The van der Waals surface area contributed by atoms with E-state index in [1.165, 1.54) is 12.8 Å². The van der Waals surface area contributed by atoms with Crippen LogP contribution in [0.4, 0.5) is 0 Å². The molecule has 1 unspecified atom stereocenters. The average Bonchev–Trinajstić information content (AvgIpc) is 2.94. The van der Waals surface area contributed by atoms with Crippen molar-refractivity contribution in [3.05, 3.63) is 0 Å². The normalized spacial score (nSPS) is 31.2. The molecule has 0 spiro atoms. The highest BCUT2D eigenvalue weighted by molar-refractivity contribution is 5.85. The van der Waals surface area contributed by atoms with Crippen molar-refractivity contribution in [2.24, 2.45) is 17.6 Å². The second kappa shape index (κ2) is 10.8. The zero-order valence-electron chi connectivity index (χ0n) is 14.5. The molecule has 2 heterocycles. The van der Waals surface area contributed by atoms with E-state index < -0.39 is 0 Å². The maximum atomic E-state index is 12.6. The quantitative estimate of drug-likeness (QED) is 0.807. The first-order valence-electron chi connectivity index (χ1n) is 9.06. The first-order chi connectivity index (χ1) is 10.7. The fourth-order valence-electron chi connectivity index (χ4n) is 4.26. The van der Waals surface area contributed by atoms with E-state index in [4.69, 9.17) is 10.5 Å². The molecular weight excluding hydrogens is 349 g/mol. The molecule has 3 aliphatic rings. The molecule has 142 valence electrons. The lowest BCUT2D eigenvalue weighted by Gasteiger charge is -2.37. The van der Waals surface area contributed by atoms with E-state index in [-0.39, 0.29) is 30.9 Å². The van der Waals surface area contributed by atoms with Crippen molar-refractivity contribution in [1.29, 1.82) is 0 Å². The molecule has 3 fully saturated rings. The number of rotatable bonds is 4. The summed E-state index contributed by atoms with van der Waals surface area (Å²) in [6, 6.07) is 0.248. The number of amides is 1. The van der Waals surface area contributed by atoms with Crippen LogP contribution in [-0.2, 0) is 9.53 Å². The summed E-state index contributed by atoms with van der Waals surface area (Å²) < 4.78 is 5.41. The zero-order valence-corrected chi connectivity index (χ0v) is 16.2. The second-order valence-electron chi connectivity index (χ2n) is 7.32. The summed E-state index contributed by atoms with van der Waals surface area (Å²) in [5, 5.41) is 0. The fraction of sp³-hybridized carbons (Fsp3) is 0.941. The molecule has 1 saturated carbocycles. The van der Waals surface area contributed by atoms with Gasteiger partial charge in [-0.1, -0.05) is 6.42 Å². The van der Waals surface area contributed by atoms with Crippen LogP contribution in [0, 0.1) is 11.8 Å². The van der Waals surface area contributed by atoms with Gasteiger partial charge in [-0.25, -0.2) is 0 Å². The van der Waals surface area contributed by atoms with Gasteiger partial charge in [0.2, 0.25) is 5.91 Å². The van der Waals surface area contributed by atoms with Crippen LogP contribution in [0.2, 0.25) is 0 Å². The van der Waals surface area contributed by atoms with Gasteiger partial charge in [0, 0.05) is 45.2 Å². The van der Waals surface area contributed by atoms with Crippen LogP contribution >= 0.6 is 24.8 Å². The minimum absolute atomic E-state index is 0. The van der Waals surface area contributed by atoms with E-state index in [2.05, 4.69) is 9.80 Å². The van der Waals surface area contributed by atoms with Crippen LogP contribution in [0.1, 0.15) is 38.5 Å². The summed E-state index contributed by atoms with van der Waals surface area (Å²) in [4.78, 5) is 17.2. The highest BCUT2D eigenvalue weighted by Crippen LogP contribution is 2.28. The van der Waals surface area contributed by atoms with E-state index in [0.29, 0.717) is 24.2 Å². The van der Waals surface area contributed by atoms with Gasteiger partial charge in [0.1, 0.15) is 0 Å². The van der Waals surface area contributed by atoms with Gasteiger partial charge >= 0.3 is 0 Å². The molecule has 2 saturated heterocycles. The number of piperidine rings is 1. The minimum atomic E-state index is 0. The maximum absolute atomic E-state index is 12.6. The lowest BCUT2D eigenvalue weighted by Crippen LogP contribution is -2.46. The van der Waals surface area contributed by atoms with E-state index in [1.54, 1.807) is 0 Å². The van der Waals surface area contributed by atoms with Crippen LogP contribution in [0.25, 0.3) is 0 Å². The van der Waals surface area contributed by atoms with E-state index in [1.807, 2.05) is 0 Å². The van der Waals surface area contributed by atoms with Crippen molar-refractivity contribution in [3.8, 4) is 0 Å². The lowest BCUT2D eigenvalue weighted by atomic mass is 9.95. The Balaban J connectivity index is 0.00000144. The van der Waals surface area contributed by atoms with E-state index >= 15 is 0 Å². The number of nitrogens with two attached hydrogens (primary N) is 1. The monoisotopic (exact) mass is 381 g/mol. The zero-order chi connectivity index (χ0) is 15.4. The van der Waals surface area contributed by atoms with Crippen molar-refractivity contribution < 1.29 is 9.53 Å². The molecular formula is C17H33Cl2N3O2. The molecule has 24 heavy (non-hydrogen) atoms. The molecule has 3 atom stereocenters. The smallest absolute Gasteiger partial charge is 0.222 e. The summed E-state index contributed by atoms with van der Waals surface area (Å²) in [7, 11) is 0. The topological polar surface area (TPSA) is 58.8 Å². The number of hydrogen-bond acceptors (Lipinski definition) is 4. The van der Waals surface area contributed by atoms with Gasteiger partial charge in [0.05, 0.1) is 13.2 Å². The van der Waals surface area contributed by atoms with Crippen molar-refractivity contribution in [2.45, 2.75) is 44.6 Å². The lowest BCUT2D eigenvalue weighted by molar-refractivity contribution is -0.134. The first kappa shape index (κ1) is 22.0. The van der Waals surface area contributed by atoms with Crippen LogP contribution < -0.4 is 5.73 Å². The van der Waals surface area contributed by atoms with Gasteiger partial charge in [-0.3, -0.25) is 9.69 Å². The number of halogens is 2. The number of carbonyl (C=O) groups is 1.